The Kier molecular flexibility index (Phi) is 7.69. The highest BCUT2D eigenvalue weighted by Gasteiger charge is 2.21. The van der Waals surface area contributed by atoms with Gasteiger partial charge in [0.2, 0.25) is 5.75 Å². The van der Waals surface area contributed by atoms with Crippen LogP contribution in [-0.4, -0.2) is 45.4 Å². The quantitative estimate of drug-likeness (QED) is 0.640. The molecular formula is C19H33NO3. The first-order valence-electron chi connectivity index (χ1n) is 8.49. The predicted octanol–water partition coefficient (Wildman–Crippen LogP) is 4.11. The van der Waals surface area contributed by atoms with Gasteiger partial charge in [-0.15, -0.1) is 0 Å². The molecule has 132 valence electrons. The van der Waals surface area contributed by atoms with E-state index in [1.54, 1.807) is 14.2 Å². The lowest BCUT2D eigenvalue weighted by Crippen LogP contribution is -2.25. The predicted molar refractivity (Wildman–Crippen MR) is 96.1 cm³/mol. The molecule has 0 spiro atoms. The van der Waals surface area contributed by atoms with E-state index in [0.717, 1.165) is 37.6 Å². The minimum absolute atomic E-state index is 0.0296. The minimum atomic E-state index is 0.0296. The third kappa shape index (κ3) is 5.61. The standard InChI is InChI=1S/C19H33NO3/c1-8-20(9-2)11-10-12-23-18-16(21-6)13-15(19(3,4)5)14-17(18)22-7/h13-14H,8-12H2,1-7H3. The van der Waals surface area contributed by atoms with E-state index in [1.807, 2.05) is 12.1 Å². The minimum Gasteiger partial charge on any atom is -0.493 e. The Morgan fingerprint density at radius 2 is 1.48 bits per heavy atom. The smallest absolute Gasteiger partial charge is 0.203 e. The summed E-state index contributed by atoms with van der Waals surface area (Å²) in [6.07, 6.45) is 0.981. The Hall–Kier alpha value is -1.42. The number of methoxy groups -OCH3 is 2. The molecule has 0 saturated heterocycles. The van der Waals surface area contributed by atoms with Crippen LogP contribution >= 0.6 is 0 Å². The Morgan fingerprint density at radius 1 is 0.957 bits per heavy atom. The van der Waals surface area contributed by atoms with E-state index < -0.39 is 0 Å². The second-order valence-electron chi connectivity index (χ2n) is 6.69. The molecule has 1 aromatic rings. The zero-order chi connectivity index (χ0) is 17.5. The summed E-state index contributed by atoms with van der Waals surface area (Å²) in [6.45, 7) is 14.7. The highest BCUT2D eigenvalue weighted by Crippen LogP contribution is 2.41. The number of nitrogens with zero attached hydrogens (tertiary/aromatic N) is 1. The molecule has 4 heteroatoms. The molecule has 4 nitrogen and oxygen atoms in total. The zero-order valence-corrected chi connectivity index (χ0v) is 15.9. The lowest BCUT2D eigenvalue weighted by atomic mass is 9.86. The summed E-state index contributed by atoms with van der Waals surface area (Å²) in [5.41, 5.74) is 1.20. The summed E-state index contributed by atoms with van der Waals surface area (Å²) in [4.78, 5) is 2.39. The van der Waals surface area contributed by atoms with Gasteiger partial charge >= 0.3 is 0 Å². The van der Waals surface area contributed by atoms with Crippen LogP contribution in [0, 0.1) is 0 Å². The fourth-order valence-electron chi connectivity index (χ4n) is 2.46. The van der Waals surface area contributed by atoms with Crippen molar-refractivity contribution in [1.29, 1.82) is 0 Å². The summed E-state index contributed by atoms with van der Waals surface area (Å²) in [7, 11) is 3.34. The van der Waals surface area contributed by atoms with E-state index in [-0.39, 0.29) is 5.41 Å². The maximum absolute atomic E-state index is 5.98. The Balaban J connectivity index is 2.85. The second-order valence-corrected chi connectivity index (χ2v) is 6.69. The molecule has 0 amide bonds. The summed E-state index contributed by atoms with van der Waals surface area (Å²) in [5, 5.41) is 0. The van der Waals surface area contributed by atoms with Crippen molar-refractivity contribution < 1.29 is 14.2 Å². The van der Waals surface area contributed by atoms with E-state index in [4.69, 9.17) is 14.2 Å². The van der Waals surface area contributed by atoms with Crippen LogP contribution in [0.25, 0.3) is 0 Å². The van der Waals surface area contributed by atoms with Crippen LogP contribution in [-0.2, 0) is 5.41 Å². The average Bonchev–Trinajstić information content (AvgIpc) is 2.53. The average molecular weight is 323 g/mol. The van der Waals surface area contributed by atoms with Gasteiger partial charge in [-0.05, 0) is 42.6 Å². The highest BCUT2D eigenvalue weighted by atomic mass is 16.5. The third-order valence-electron chi connectivity index (χ3n) is 4.09. The van der Waals surface area contributed by atoms with Crippen LogP contribution in [0.5, 0.6) is 17.2 Å². The van der Waals surface area contributed by atoms with E-state index in [2.05, 4.69) is 39.5 Å². The highest BCUT2D eigenvalue weighted by molar-refractivity contribution is 5.55. The number of rotatable bonds is 9. The molecule has 0 radical (unpaired) electrons. The van der Waals surface area contributed by atoms with Gasteiger partial charge in [0.25, 0.3) is 0 Å². The van der Waals surface area contributed by atoms with Gasteiger partial charge in [-0.2, -0.15) is 0 Å². The fraction of sp³-hybridized carbons (Fsp3) is 0.684. The van der Waals surface area contributed by atoms with Crippen LogP contribution in [0.4, 0.5) is 0 Å². The second kappa shape index (κ2) is 9.02. The molecule has 1 rings (SSSR count). The number of hydrogen-bond donors (Lipinski definition) is 0. The van der Waals surface area contributed by atoms with Crippen molar-refractivity contribution in [3.8, 4) is 17.2 Å². The van der Waals surface area contributed by atoms with Crippen LogP contribution in [0.2, 0.25) is 0 Å². The van der Waals surface area contributed by atoms with Crippen LogP contribution in [0.15, 0.2) is 12.1 Å². The van der Waals surface area contributed by atoms with E-state index in [1.165, 1.54) is 5.56 Å². The molecule has 23 heavy (non-hydrogen) atoms. The van der Waals surface area contributed by atoms with Gasteiger partial charge in [-0.25, -0.2) is 0 Å². The maximum Gasteiger partial charge on any atom is 0.203 e. The Labute approximate surface area is 141 Å². The molecule has 0 fully saturated rings. The maximum atomic E-state index is 5.98. The molecular weight excluding hydrogens is 290 g/mol. The van der Waals surface area contributed by atoms with Crippen molar-refractivity contribution in [2.45, 2.75) is 46.5 Å². The molecule has 0 bridgehead atoms. The Bertz CT molecular complexity index is 451. The van der Waals surface area contributed by atoms with Crippen molar-refractivity contribution in [3.05, 3.63) is 17.7 Å². The van der Waals surface area contributed by atoms with Gasteiger partial charge in [-0.3, -0.25) is 0 Å². The normalized spacial score (nSPS) is 11.7. The Morgan fingerprint density at radius 3 is 1.87 bits per heavy atom. The first kappa shape index (κ1) is 19.6. The van der Waals surface area contributed by atoms with Gasteiger partial charge in [0.1, 0.15) is 0 Å². The number of hydrogen-bond acceptors (Lipinski definition) is 4. The van der Waals surface area contributed by atoms with Gasteiger partial charge in [0.15, 0.2) is 11.5 Å². The van der Waals surface area contributed by atoms with E-state index in [0.29, 0.717) is 12.4 Å². The molecule has 0 aliphatic heterocycles. The number of benzene rings is 1. The third-order valence-corrected chi connectivity index (χ3v) is 4.09. The van der Waals surface area contributed by atoms with Crippen molar-refractivity contribution in [2.75, 3.05) is 40.5 Å². The van der Waals surface area contributed by atoms with Crippen molar-refractivity contribution in [3.63, 3.8) is 0 Å². The van der Waals surface area contributed by atoms with Crippen LogP contribution < -0.4 is 14.2 Å². The van der Waals surface area contributed by atoms with Gasteiger partial charge in [0, 0.05) is 6.54 Å². The molecule has 0 heterocycles. The summed E-state index contributed by atoms with van der Waals surface area (Å²) >= 11 is 0. The molecule has 0 aromatic heterocycles. The lowest BCUT2D eigenvalue weighted by Gasteiger charge is -2.23. The molecule has 0 atom stereocenters. The fourth-order valence-corrected chi connectivity index (χ4v) is 2.46. The van der Waals surface area contributed by atoms with Gasteiger partial charge in [-0.1, -0.05) is 34.6 Å². The van der Waals surface area contributed by atoms with Gasteiger partial charge in [0.05, 0.1) is 20.8 Å². The summed E-state index contributed by atoms with van der Waals surface area (Å²) < 4.78 is 17.0. The first-order chi connectivity index (χ1) is 10.9. The molecule has 0 N–H and O–H groups in total. The molecule has 0 saturated carbocycles. The monoisotopic (exact) mass is 323 g/mol. The lowest BCUT2D eigenvalue weighted by molar-refractivity contribution is 0.234. The topological polar surface area (TPSA) is 30.9 Å². The zero-order valence-electron chi connectivity index (χ0n) is 15.9. The van der Waals surface area contributed by atoms with Crippen molar-refractivity contribution in [2.24, 2.45) is 0 Å². The van der Waals surface area contributed by atoms with Crippen molar-refractivity contribution in [1.82, 2.24) is 4.90 Å². The van der Waals surface area contributed by atoms with Crippen molar-refractivity contribution >= 4 is 0 Å². The molecule has 0 unspecified atom stereocenters. The first-order valence-corrected chi connectivity index (χ1v) is 8.49. The summed E-state index contributed by atoms with van der Waals surface area (Å²) in [6, 6.07) is 4.09. The number of ether oxygens (including phenoxy) is 3. The van der Waals surface area contributed by atoms with Gasteiger partial charge < -0.3 is 19.1 Å². The largest absolute Gasteiger partial charge is 0.493 e. The van der Waals surface area contributed by atoms with E-state index in [9.17, 15) is 0 Å². The van der Waals surface area contributed by atoms with E-state index >= 15 is 0 Å². The SMILES string of the molecule is CCN(CC)CCCOc1c(OC)cc(C(C)(C)C)cc1OC. The van der Waals surface area contributed by atoms with Crippen LogP contribution in [0.1, 0.15) is 46.6 Å². The molecule has 0 aliphatic rings. The molecule has 0 aliphatic carbocycles. The molecule has 1 aromatic carbocycles. The van der Waals surface area contributed by atoms with Crippen LogP contribution in [0.3, 0.4) is 0 Å². The summed E-state index contributed by atoms with van der Waals surface area (Å²) in [5.74, 6) is 2.16.